The lowest BCUT2D eigenvalue weighted by Gasteiger charge is -2.38. The summed E-state index contributed by atoms with van der Waals surface area (Å²) < 4.78 is 54.2. The number of rotatable bonds is 4. The highest BCUT2D eigenvalue weighted by Crippen LogP contribution is 2.47. The summed E-state index contributed by atoms with van der Waals surface area (Å²) in [5.74, 6) is 0.0574. The molecular formula is C26H26F3NO4S. The van der Waals surface area contributed by atoms with E-state index in [0.717, 1.165) is 11.3 Å². The molecule has 0 fully saturated rings. The summed E-state index contributed by atoms with van der Waals surface area (Å²) in [6.45, 7) is 7.63. The van der Waals surface area contributed by atoms with E-state index in [2.05, 4.69) is 11.7 Å². The first-order valence-corrected chi connectivity index (χ1v) is 12.0. The largest absolute Gasteiger partial charge is 0.573 e. The van der Waals surface area contributed by atoms with E-state index in [1.807, 2.05) is 12.1 Å². The topological polar surface area (TPSA) is 48.0 Å². The number of halogens is 3. The normalized spacial score (nSPS) is 15.9. The Labute approximate surface area is 206 Å². The lowest BCUT2D eigenvalue weighted by atomic mass is 10.0. The number of fused-ring (bicyclic) bond motifs is 1. The minimum Gasteiger partial charge on any atom is -0.488 e. The van der Waals surface area contributed by atoms with Gasteiger partial charge in [0.2, 0.25) is 0 Å². The molecule has 0 aliphatic carbocycles. The summed E-state index contributed by atoms with van der Waals surface area (Å²) in [5, 5.41) is 0. The van der Waals surface area contributed by atoms with Crippen molar-refractivity contribution < 1.29 is 32.2 Å². The molecule has 0 N–H and O–H groups in total. The van der Waals surface area contributed by atoms with Crippen molar-refractivity contribution in [2.75, 3.05) is 11.5 Å². The summed E-state index contributed by atoms with van der Waals surface area (Å²) in [5.41, 5.74) is 0.782. The first kappa shape index (κ1) is 24.9. The van der Waals surface area contributed by atoms with Gasteiger partial charge in [0.15, 0.2) is 5.75 Å². The van der Waals surface area contributed by atoms with Gasteiger partial charge in [-0.05, 0) is 63.1 Å². The van der Waals surface area contributed by atoms with Crippen molar-refractivity contribution in [3.05, 3.63) is 64.4 Å². The minimum atomic E-state index is -4.80. The predicted octanol–water partition coefficient (Wildman–Crippen LogP) is 7.75. The van der Waals surface area contributed by atoms with Crippen molar-refractivity contribution >= 4 is 23.1 Å². The van der Waals surface area contributed by atoms with Crippen LogP contribution in [0.4, 0.5) is 23.7 Å². The van der Waals surface area contributed by atoms with Crippen LogP contribution in [0.5, 0.6) is 11.5 Å². The summed E-state index contributed by atoms with van der Waals surface area (Å²) in [6, 6.07) is 14.5. The molecule has 0 bridgehead atoms. The lowest BCUT2D eigenvalue weighted by Crippen LogP contribution is -2.43. The molecule has 5 nitrogen and oxygen atoms in total. The Morgan fingerprint density at radius 3 is 2.51 bits per heavy atom. The molecule has 35 heavy (non-hydrogen) atoms. The molecule has 4 rings (SSSR count). The van der Waals surface area contributed by atoms with E-state index in [4.69, 9.17) is 9.47 Å². The third-order valence-corrected chi connectivity index (χ3v) is 6.61. The van der Waals surface area contributed by atoms with E-state index >= 15 is 0 Å². The molecule has 1 atom stereocenters. The summed E-state index contributed by atoms with van der Waals surface area (Å²) >= 11 is 1.61. The van der Waals surface area contributed by atoms with Gasteiger partial charge in [-0.1, -0.05) is 31.2 Å². The predicted molar refractivity (Wildman–Crippen MR) is 129 cm³/mol. The van der Waals surface area contributed by atoms with Gasteiger partial charge in [0.1, 0.15) is 24.0 Å². The van der Waals surface area contributed by atoms with Gasteiger partial charge in [-0.15, -0.1) is 24.5 Å². The van der Waals surface area contributed by atoms with Crippen molar-refractivity contribution in [2.24, 2.45) is 0 Å². The molecule has 1 unspecified atom stereocenters. The smallest absolute Gasteiger partial charge is 0.488 e. The number of alkyl halides is 3. The van der Waals surface area contributed by atoms with Crippen LogP contribution in [0.15, 0.2) is 54.6 Å². The number of hydrogen-bond acceptors (Lipinski definition) is 5. The SMILES string of the molecule is CCc1ccc(C2COc3c(-c4cccc(OC(F)(F)F)c4)cccc3N2C(=O)OC(C)(C)C)s1. The van der Waals surface area contributed by atoms with Gasteiger partial charge in [-0.3, -0.25) is 4.90 Å². The zero-order chi connectivity index (χ0) is 25.4. The Hall–Kier alpha value is -3.20. The van der Waals surface area contributed by atoms with Crippen molar-refractivity contribution in [3.8, 4) is 22.6 Å². The van der Waals surface area contributed by atoms with Gasteiger partial charge >= 0.3 is 12.5 Å². The zero-order valence-corrected chi connectivity index (χ0v) is 20.6. The van der Waals surface area contributed by atoms with Crippen LogP contribution in [0.2, 0.25) is 0 Å². The van der Waals surface area contributed by atoms with E-state index in [1.54, 1.807) is 61.3 Å². The maximum Gasteiger partial charge on any atom is 0.573 e. The molecule has 1 aliphatic rings. The molecule has 0 saturated carbocycles. The van der Waals surface area contributed by atoms with Crippen LogP contribution in [0.3, 0.4) is 0 Å². The Bertz CT molecular complexity index is 1220. The number of carbonyl (C=O) groups excluding carboxylic acids is 1. The maximum absolute atomic E-state index is 13.4. The van der Waals surface area contributed by atoms with Crippen LogP contribution in [-0.2, 0) is 11.2 Å². The molecule has 1 amide bonds. The average Bonchev–Trinajstić information content (AvgIpc) is 3.25. The molecule has 1 aliphatic heterocycles. The summed E-state index contributed by atoms with van der Waals surface area (Å²) in [4.78, 5) is 17.1. The number of benzene rings is 2. The first-order chi connectivity index (χ1) is 16.4. The number of thiophene rings is 1. The Kier molecular flexibility index (Phi) is 6.73. The fraction of sp³-hybridized carbons (Fsp3) is 0.346. The van der Waals surface area contributed by atoms with E-state index in [0.29, 0.717) is 22.6 Å². The fourth-order valence-corrected chi connectivity index (χ4v) is 4.90. The van der Waals surface area contributed by atoms with Gasteiger partial charge in [0.05, 0.1) is 5.69 Å². The third kappa shape index (κ3) is 5.73. The van der Waals surface area contributed by atoms with Crippen LogP contribution >= 0.6 is 11.3 Å². The lowest BCUT2D eigenvalue weighted by molar-refractivity contribution is -0.274. The van der Waals surface area contributed by atoms with E-state index < -0.39 is 24.1 Å². The second kappa shape index (κ2) is 9.45. The minimum absolute atomic E-state index is 0.172. The Morgan fingerprint density at radius 1 is 1.11 bits per heavy atom. The van der Waals surface area contributed by atoms with Gasteiger partial charge in [0, 0.05) is 15.3 Å². The van der Waals surface area contributed by atoms with Crippen molar-refractivity contribution in [2.45, 2.75) is 52.1 Å². The summed E-state index contributed by atoms with van der Waals surface area (Å²) in [6.07, 6.45) is -4.45. The molecule has 0 saturated heterocycles. The monoisotopic (exact) mass is 505 g/mol. The zero-order valence-electron chi connectivity index (χ0n) is 19.8. The number of anilines is 1. The van der Waals surface area contributed by atoms with Crippen LogP contribution < -0.4 is 14.4 Å². The van der Waals surface area contributed by atoms with Gasteiger partial charge in [-0.2, -0.15) is 0 Å². The van der Waals surface area contributed by atoms with E-state index in [9.17, 15) is 18.0 Å². The van der Waals surface area contributed by atoms with Gasteiger partial charge < -0.3 is 14.2 Å². The number of hydrogen-bond donors (Lipinski definition) is 0. The van der Waals surface area contributed by atoms with Crippen molar-refractivity contribution in [1.29, 1.82) is 0 Å². The number of ether oxygens (including phenoxy) is 3. The van der Waals surface area contributed by atoms with Crippen LogP contribution in [0.25, 0.3) is 11.1 Å². The average molecular weight is 506 g/mol. The third-order valence-electron chi connectivity index (χ3n) is 5.28. The highest BCUT2D eigenvalue weighted by molar-refractivity contribution is 7.12. The van der Waals surface area contributed by atoms with Crippen LogP contribution in [0, 0.1) is 0 Å². The first-order valence-electron chi connectivity index (χ1n) is 11.2. The molecule has 2 heterocycles. The summed E-state index contributed by atoms with van der Waals surface area (Å²) in [7, 11) is 0. The highest BCUT2D eigenvalue weighted by Gasteiger charge is 2.38. The molecule has 9 heteroatoms. The molecular weight excluding hydrogens is 479 g/mol. The number of nitrogens with zero attached hydrogens (tertiary/aromatic N) is 1. The van der Waals surface area contributed by atoms with Gasteiger partial charge in [0.25, 0.3) is 0 Å². The highest BCUT2D eigenvalue weighted by atomic mass is 32.1. The number of amides is 1. The van der Waals surface area contributed by atoms with Crippen LogP contribution in [-0.4, -0.2) is 24.7 Å². The molecule has 1 aromatic heterocycles. The maximum atomic E-state index is 13.4. The molecule has 3 aromatic rings. The molecule has 186 valence electrons. The quantitative estimate of drug-likeness (QED) is 0.364. The molecule has 0 spiro atoms. The second-order valence-corrected chi connectivity index (χ2v) is 10.3. The van der Waals surface area contributed by atoms with Crippen molar-refractivity contribution in [3.63, 3.8) is 0 Å². The standard InChI is InChI=1S/C26H26F3NO4S/c1-5-18-12-13-22(35-18)21-15-32-23-19(16-8-6-9-17(14-16)33-26(27,28)29)10-7-11-20(23)30(21)24(31)34-25(2,3)4/h6-14,21H,5,15H2,1-4H3. The van der Waals surface area contributed by atoms with E-state index in [1.165, 1.54) is 23.1 Å². The van der Waals surface area contributed by atoms with Crippen LogP contribution in [0.1, 0.15) is 43.5 Å². The Balaban J connectivity index is 1.78. The second-order valence-electron chi connectivity index (χ2n) is 9.06. The number of carbonyl (C=O) groups is 1. The van der Waals surface area contributed by atoms with Crippen molar-refractivity contribution in [1.82, 2.24) is 0 Å². The number of para-hydroxylation sites is 1. The van der Waals surface area contributed by atoms with E-state index in [-0.39, 0.29) is 12.4 Å². The number of aryl methyl sites for hydroxylation is 1. The molecule has 2 aromatic carbocycles. The van der Waals surface area contributed by atoms with Gasteiger partial charge in [-0.25, -0.2) is 4.79 Å². The molecule has 0 radical (unpaired) electrons. The fourth-order valence-electron chi connectivity index (χ4n) is 3.87. The Morgan fingerprint density at radius 2 is 1.86 bits per heavy atom.